The Hall–Kier alpha value is -1.84. The molecule has 0 radical (unpaired) electrons. The first-order valence-electron chi connectivity index (χ1n) is 8.33. The van der Waals surface area contributed by atoms with E-state index in [2.05, 4.69) is 20.2 Å². The summed E-state index contributed by atoms with van der Waals surface area (Å²) in [6, 6.07) is 3.87. The fraction of sp³-hybridized carbons (Fsp3) is 0.562. The van der Waals surface area contributed by atoms with E-state index in [1.165, 1.54) is 8.61 Å². The molecular weight excluding hydrogens is 340 g/mol. The van der Waals surface area contributed by atoms with Crippen LogP contribution in [-0.2, 0) is 10.2 Å². The Morgan fingerprint density at radius 3 is 2.60 bits per heavy atom. The van der Waals surface area contributed by atoms with Gasteiger partial charge in [0.1, 0.15) is 11.5 Å². The van der Waals surface area contributed by atoms with Crippen LogP contribution in [0.4, 0.5) is 0 Å². The highest BCUT2D eigenvalue weighted by molar-refractivity contribution is 7.86. The molecule has 1 aliphatic rings. The number of piperidine rings is 1. The van der Waals surface area contributed by atoms with Gasteiger partial charge in [0.2, 0.25) is 0 Å². The van der Waals surface area contributed by atoms with Gasteiger partial charge in [-0.3, -0.25) is 5.10 Å². The first-order chi connectivity index (χ1) is 11.8. The maximum absolute atomic E-state index is 12.4. The highest BCUT2D eigenvalue weighted by atomic mass is 32.2. The van der Waals surface area contributed by atoms with E-state index in [0.29, 0.717) is 18.9 Å². The van der Waals surface area contributed by atoms with E-state index in [9.17, 15) is 8.42 Å². The Bertz CT molecular complexity index is 861. The molecule has 1 atom stereocenters. The summed E-state index contributed by atoms with van der Waals surface area (Å²) in [7, 11) is -0.281. The van der Waals surface area contributed by atoms with Gasteiger partial charge in [-0.2, -0.15) is 22.1 Å². The van der Waals surface area contributed by atoms with Crippen LogP contribution in [0, 0.1) is 13.8 Å². The first kappa shape index (κ1) is 18.0. The third-order valence-corrected chi connectivity index (χ3v) is 6.32. The molecule has 3 heterocycles. The monoisotopic (exact) mass is 364 g/mol. The first-order valence-corrected chi connectivity index (χ1v) is 9.72. The van der Waals surface area contributed by atoms with Gasteiger partial charge in [-0.1, -0.05) is 0 Å². The standard InChI is InChI=1S/C16H24N6O2S/c1-11-8-16(20-19-11)15-9-14(17-12(2)18-15)13-6-5-7-22(10-13)25(23,24)21(3)4/h8-9,13H,5-7,10H2,1-4H3,(H,19,20)/t13-/m0/s1. The molecule has 9 heteroatoms. The number of rotatable bonds is 4. The molecule has 0 spiro atoms. The number of hydrogen-bond acceptors (Lipinski definition) is 5. The highest BCUT2D eigenvalue weighted by Gasteiger charge is 2.32. The Labute approximate surface area is 148 Å². The van der Waals surface area contributed by atoms with Crippen LogP contribution in [-0.4, -0.2) is 64.4 Å². The van der Waals surface area contributed by atoms with Gasteiger partial charge in [-0.05, 0) is 38.8 Å². The van der Waals surface area contributed by atoms with Crippen molar-refractivity contribution in [2.45, 2.75) is 32.6 Å². The summed E-state index contributed by atoms with van der Waals surface area (Å²) >= 11 is 0. The summed E-state index contributed by atoms with van der Waals surface area (Å²) in [5.74, 6) is 0.727. The van der Waals surface area contributed by atoms with Crippen molar-refractivity contribution in [3.63, 3.8) is 0 Å². The van der Waals surface area contributed by atoms with Crippen LogP contribution in [0.15, 0.2) is 12.1 Å². The van der Waals surface area contributed by atoms with Gasteiger partial charge in [0.15, 0.2) is 0 Å². The molecule has 2 aromatic heterocycles. The summed E-state index contributed by atoms with van der Waals surface area (Å²) in [5.41, 5.74) is 3.38. The molecule has 0 amide bonds. The fourth-order valence-corrected chi connectivity index (χ4v) is 4.29. The summed E-state index contributed by atoms with van der Waals surface area (Å²) < 4.78 is 27.7. The molecule has 1 aliphatic heterocycles. The maximum Gasteiger partial charge on any atom is 0.281 e. The Balaban J connectivity index is 1.90. The van der Waals surface area contributed by atoms with Crippen LogP contribution in [0.5, 0.6) is 0 Å². The average molecular weight is 364 g/mol. The molecule has 2 aromatic rings. The number of aromatic amines is 1. The summed E-state index contributed by atoms with van der Waals surface area (Å²) in [5, 5.41) is 7.18. The van der Waals surface area contributed by atoms with Gasteiger partial charge in [0, 0.05) is 44.5 Å². The predicted octanol–water partition coefficient (Wildman–Crippen LogP) is 1.47. The lowest BCUT2D eigenvalue weighted by Gasteiger charge is -2.33. The fourth-order valence-electron chi connectivity index (χ4n) is 3.10. The van der Waals surface area contributed by atoms with Gasteiger partial charge in [-0.15, -0.1) is 0 Å². The van der Waals surface area contributed by atoms with Gasteiger partial charge in [0.05, 0.1) is 5.69 Å². The third-order valence-electron chi connectivity index (χ3n) is 4.42. The van der Waals surface area contributed by atoms with Crippen molar-refractivity contribution >= 4 is 10.2 Å². The molecule has 1 fully saturated rings. The SMILES string of the molecule is Cc1nc(-c2cc(C)[nH]n2)cc([C@H]2CCCN(S(=O)(=O)N(C)C)C2)n1. The van der Waals surface area contributed by atoms with E-state index in [1.807, 2.05) is 26.0 Å². The molecule has 3 rings (SSSR count). The van der Waals surface area contributed by atoms with Crippen LogP contribution in [0.2, 0.25) is 0 Å². The second kappa shape index (κ2) is 6.81. The smallest absolute Gasteiger partial charge is 0.281 e. The predicted molar refractivity (Wildman–Crippen MR) is 95.2 cm³/mol. The Morgan fingerprint density at radius 1 is 1.20 bits per heavy atom. The Morgan fingerprint density at radius 2 is 1.96 bits per heavy atom. The molecule has 0 bridgehead atoms. The number of nitrogens with one attached hydrogen (secondary N) is 1. The van der Waals surface area contributed by atoms with Crippen LogP contribution in [0.25, 0.3) is 11.4 Å². The van der Waals surface area contributed by atoms with Crippen molar-refractivity contribution in [3.8, 4) is 11.4 Å². The van der Waals surface area contributed by atoms with Gasteiger partial charge >= 0.3 is 0 Å². The molecule has 8 nitrogen and oxygen atoms in total. The van der Waals surface area contributed by atoms with E-state index < -0.39 is 10.2 Å². The van der Waals surface area contributed by atoms with E-state index in [1.54, 1.807) is 14.1 Å². The van der Waals surface area contributed by atoms with Crippen molar-refractivity contribution < 1.29 is 8.42 Å². The van der Waals surface area contributed by atoms with Gasteiger partial charge in [0.25, 0.3) is 10.2 Å². The van der Waals surface area contributed by atoms with Crippen LogP contribution in [0.1, 0.15) is 36.0 Å². The second-order valence-electron chi connectivity index (χ2n) is 6.65. The number of aryl methyl sites for hydroxylation is 2. The molecule has 25 heavy (non-hydrogen) atoms. The molecule has 0 saturated carbocycles. The number of hydrogen-bond donors (Lipinski definition) is 1. The molecular formula is C16H24N6O2S. The van der Waals surface area contributed by atoms with E-state index in [-0.39, 0.29) is 5.92 Å². The third kappa shape index (κ3) is 3.73. The normalized spacial score (nSPS) is 19.5. The quantitative estimate of drug-likeness (QED) is 0.886. The lowest BCUT2D eigenvalue weighted by molar-refractivity contribution is 0.296. The van der Waals surface area contributed by atoms with E-state index in [0.717, 1.165) is 35.6 Å². The zero-order chi connectivity index (χ0) is 18.2. The molecule has 1 N–H and O–H groups in total. The molecule has 0 aromatic carbocycles. The zero-order valence-electron chi connectivity index (χ0n) is 15.0. The average Bonchev–Trinajstić information content (AvgIpc) is 3.01. The van der Waals surface area contributed by atoms with Crippen molar-refractivity contribution in [3.05, 3.63) is 29.3 Å². The van der Waals surface area contributed by atoms with Crippen LogP contribution >= 0.6 is 0 Å². The lowest BCUT2D eigenvalue weighted by Crippen LogP contribution is -2.45. The van der Waals surface area contributed by atoms with Crippen LogP contribution < -0.4 is 0 Å². The molecule has 0 aliphatic carbocycles. The second-order valence-corrected chi connectivity index (χ2v) is 8.79. The van der Waals surface area contributed by atoms with Gasteiger partial charge < -0.3 is 0 Å². The maximum atomic E-state index is 12.4. The minimum absolute atomic E-state index is 0.0592. The van der Waals surface area contributed by atoms with Crippen molar-refractivity contribution in [1.82, 2.24) is 28.8 Å². The van der Waals surface area contributed by atoms with E-state index in [4.69, 9.17) is 0 Å². The topological polar surface area (TPSA) is 95.1 Å². The highest BCUT2D eigenvalue weighted by Crippen LogP contribution is 2.29. The zero-order valence-corrected chi connectivity index (χ0v) is 15.8. The van der Waals surface area contributed by atoms with Crippen molar-refractivity contribution in [2.24, 2.45) is 0 Å². The Kier molecular flexibility index (Phi) is 4.90. The molecule has 1 saturated heterocycles. The number of H-pyrrole nitrogens is 1. The lowest BCUT2D eigenvalue weighted by atomic mass is 9.95. The van der Waals surface area contributed by atoms with Crippen molar-refractivity contribution in [1.29, 1.82) is 0 Å². The number of nitrogens with zero attached hydrogens (tertiary/aromatic N) is 5. The molecule has 0 unspecified atom stereocenters. The minimum Gasteiger partial charge on any atom is -0.282 e. The largest absolute Gasteiger partial charge is 0.282 e. The summed E-state index contributed by atoms with van der Waals surface area (Å²) in [6.07, 6.45) is 1.73. The van der Waals surface area contributed by atoms with Crippen molar-refractivity contribution in [2.75, 3.05) is 27.2 Å². The minimum atomic E-state index is -3.40. The van der Waals surface area contributed by atoms with E-state index >= 15 is 0 Å². The molecule has 136 valence electrons. The number of aromatic nitrogens is 4. The van der Waals surface area contributed by atoms with Crippen LogP contribution in [0.3, 0.4) is 0 Å². The summed E-state index contributed by atoms with van der Waals surface area (Å²) in [6.45, 7) is 4.78. The van der Waals surface area contributed by atoms with Gasteiger partial charge in [-0.25, -0.2) is 9.97 Å². The summed E-state index contributed by atoms with van der Waals surface area (Å²) in [4.78, 5) is 9.04.